The second-order valence-electron chi connectivity index (χ2n) is 5.71. The summed E-state index contributed by atoms with van der Waals surface area (Å²) in [5.74, 6) is 0. The minimum Gasteiger partial charge on any atom is -0.310 e. The van der Waals surface area contributed by atoms with E-state index in [2.05, 4.69) is 46.0 Å². The molecule has 0 spiro atoms. The predicted octanol–water partition coefficient (Wildman–Crippen LogP) is 2.73. The standard InChI is InChI=1S/C17H18N4/c1-2-4-17-16(3-1)19-20-21(17)12-14-7-5-13(6-8-14)11-18-15-9-10-15/h1-8,15,18H,9-12H2. The summed E-state index contributed by atoms with van der Waals surface area (Å²) >= 11 is 0. The summed E-state index contributed by atoms with van der Waals surface area (Å²) in [5, 5.41) is 12.0. The number of aromatic nitrogens is 3. The number of nitrogens with zero attached hydrogens (tertiary/aromatic N) is 3. The molecule has 0 radical (unpaired) electrons. The highest BCUT2D eigenvalue weighted by Crippen LogP contribution is 2.19. The van der Waals surface area contributed by atoms with Gasteiger partial charge in [-0.3, -0.25) is 0 Å². The van der Waals surface area contributed by atoms with Crippen LogP contribution in [0.25, 0.3) is 11.0 Å². The van der Waals surface area contributed by atoms with E-state index in [1.165, 1.54) is 24.0 Å². The first-order chi connectivity index (χ1) is 10.4. The van der Waals surface area contributed by atoms with Crippen molar-refractivity contribution >= 4 is 11.0 Å². The van der Waals surface area contributed by atoms with Crippen LogP contribution in [0.2, 0.25) is 0 Å². The SMILES string of the molecule is c1ccc2c(c1)nnn2Cc1ccc(CNC2CC2)cc1. The van der Waals surface area contributed by atoms with Gasteiger partial charge in [0.1, 0.15) is 5.52 Å². The zero-order valence-corrected chi connectivity index (χ0v) is 11.9. The average molecular weight is 278 g/mol. The number of rotatable bonds is 5. The minimum atomic E-state index is 0.756. The van der Waals surface area contributed by atoms with Gasteiger partial charge in [-0.25, -0.2) is 4.68 Å². The molecule has 0 saturated heterocycles. The first kappa shape index (κ1) is 12.5. The smallest absolute Gasteiger partial charge is 0.113 e. The Bertz CT molecular complexity index is 741. The van der Waals surface area contributed by atoms with Gasteiger partial charge >= 0.3 is 0 Å². The Labute approximate surface area is 123 Å². The molecule has 1 aromatic heterocycles. The maximum Gasteiger partial charge on any atom is 0.113 e. The normalized spacial score (nSPS) is 14.7. The van der Waals surface area contributed by atoms with Crippen LogP contribution < -0.4 is 5.32 Å². The van der Waals surface area contributed by atoms with Gasteiger partial charge in [-0.2, -0.15) is 0 Å². The van der Waals surface area contributed by atoms with Crippen LogP contribution in [0.3, 0.4) is 0 Å². The van der Waals surface area contributed by atoms with E-state index in [-0.39, 0.29) is 0 Å². The molecule has 1 heterocycles. The van der Waals surface area contributed by atoms with Crippen molar-refractivity contribution in [2.45, 2.75) is 32.0 Å². The molecule has 1 fully saturated rings. The van der Waals surface area contributed by atoms with Gasteiger partial charge in [0, 0.05) is 12.6 Å². The fourth-order valence-corrected chi connectivity index (χ4v) is 2.52. The molecule has 106 valence electrons. The molecule has 0 aliphatic heterocycles. The summed E-state index contributed by atoms with van der Waals surface area (Å²) in [7, 11) is 0. The van der Waals surface area contributed by atoms with Gasteiger partial charge in [0.2, 0.25) is 0 Å². The number of nitrogens with one attached hydrogen (secondary N) is 1. The molecule has 3 aromatic rings. The molecular formula is C17H18N4. The average Bonchev–Trinajstić information content (AvgIpc) is 3.28. The van der Waals surface area contributed by atoms with Crippen LogP contribution in [0.15, 0.2) is 48.5 Å². The van der Waals surface area contributed by atoms with E-state index in [1.54, 1.807) is 0 Å². The molecule has 21 heavy (non-hydrogen) atoms. The minimum absolute atomic E-state index is 0.756. The lowest BCUT2D eigenvalue weighted by Gasteiger charge is -2.06. The van der Waals surface area contributed by atoms with Crippen LogP contribution in [0.4, 0.5) is 0 Å². The molecule has 2 aromatic carbocycles. The van der Waals surface area contributed by atoms with Gasteiger partial charge in [-0.05, 0) is 36.1 Å². The lowest BCUT2D eigenvalue weighted by molar-refractivity contribution is 0.667. The van der Waals surface area contributed by atoms with Crippen molar-refractivity contribution in [1.29, 1.82) is 0 Å². The molecule has 0 atom stereocenters. The Morgan fingerprint density at radius 1 is 1.00 bits per heavy atom. The van der Waals surface area contributed by atoms with Gasteiger partial charge in [0.05, 0.1) is 12.1 Å². The summed E-state index contributed by atoms with van der Waals surface area (Å²) in [5.41, 5.74) is 4.62. The van der Waals surface area contributed by atoms with Crippen molar-refractivity contribution in [3.63, 3.8) is 0 Å². The first-order valence-electron chi connectivity index (χ1n) is 7.48. The summed E-state index contributed by atoms with van der Waals surface area (Å²) in [6.07, 6.45) is 2.66. The van der Waals surface area contributed by atoms with E-state index < -0.39 is 0 Å². The summed E-state index contributed by atoms with van der Waals surface area (Å²) in [4.78, 5) is 0. The number of para-hydroxylation sites is 1. The Morgan fingerprint density at radius 3 is 2.57 bits per heavy atom. The van der Waals surface area contributed by atoms with Gasteiger partial charge in [0.15, 0.2) is 0 Å². The Kier molecular flexibility index (Phi) is 3.16. The molecular weight excluding hydrogens is 260 g/mol. The molecule has 4 nitrogen and oxygen atoms in total. The van der Waals surface area contributed by atoms with Gasteiger partial charge in [-0.1, -0.05) is 41.6 Å². The third-order valence-electron chi connectivity index (χ3n) is 3.95. The monoisotopic (exact) mass is 278 g/mol. The number of fused-ring (bicyclic) bond motifs is 1. The molecule has 1 saturated carbocycles. The lowest BCUT2D eigenvalue weighted by atomic mass is 10.1. The number of hydrogen-bond donors (Lipinski definition) is 1. The Balaban J connectivity index is 1.48. The maximum atomic E-state index is 4.24. The zero-order chi connectivity index (χ0) is 14.1. The highest BCUT2D eigenvalue weighted by atomic mass is 15.4. The van der Waals surface area contributed by atoms with Crippen LogP contribution in [-0.2, 0) is 13.1 Å². The highest BCUT2D eigenvalue weighted by molar-refractivity contribution is 5.73. The summed E-state index contributed by atoms with van der Waals surface area (Å²) in [6.45, 7) is 1.73. The molecule has 4 heteroatoms. The van der Waals surface area contributed by atoms with Crippen LogP contribution in [0.1, 0.15) is 24.0 Å². The quantitative estimate of drug-likeness (QED) is 0.780. The second-order valence-corrected chi connectivity index (χ2v) is 5.71. The van der Waals surface area contributed by atoms with Gasteiger partial charge < -0.3 is 5.32 Å². The van der Waals surface area contributed by atoms with Crippen LogP contribution in [-0.4, -0.2) is 21.0 Å². The fourth-order valence-electron chi connectivity index (χ4n) is 2.52. The molecule has 1 aliphatic rings. The largest absolute Gasteiger partial charge is 0.310 e. The van der Waals surface area contributed by atoms with E-state index >= 15 is 0 Å². The summed E-state index contributed by atoms with van der Waals surface area (Å²) in [6, 6.07) is 17.6. The topological polar surface area (TPSA) is 42.7 Å². The van der Waals surface area contributed by atoms with E-state index in [4.69, 9.17) is 0 Å². The van der Waals surface area contributed by atoms with Gasteiger partial charge in [-0.15, -0.1) is 5.10 Å². The van der Waals surface area contributed by atoms with Crippen molar-refractivity contribution in [3.05, 3.63) is 59.7 Å². The van der Waals surface area contributed by atoms with Gasteiger partial charge in [0.25, 0.3) is 0 Å². The molecule has 1 aliphatic carbocycles. The predicted molar refractivity (Wildman–Crippen MR) is 82.9 cm³/mol. The summed E-state index contributed by atoms with van der Waals surface area (Å²) < 4.78 is 1.95. The molecule has 0 amide bonds. The van der Waals surface area contributed by atoms with Crippen LogP contribution >= 0.6 is 0 Å². The van der Waals surface area contributed by atoms with E-state index in [1.807, 2.05) is 22.9 Å². The highest BCUT2D eigenvalue weighted by Gasteiger charge is 2.19. The third kappa shape index (κ3) is 2.81. The van der Waals surface area contributed by atoms with Crippen molar-refractivity contribution in [2.24, 2.45) is 0 Å². The zero-order valence-electron chi connectivity index (χ0n) is 11.9. The van der Waals surface area contributed by atoms with Crippen molar-refractivity contribution < 1.29 is 0 Å². The van der Waals surface area contributed by atoms with Crippen molar-refractivity contribution in [3.8, 4) is 0 Å². The molecule has 4 rings (SSSR count). The van der Waals surface area contributed by atoms with Crippen LogP contribution in [0.5, 0.6) is 0 Å². The number of hydrogen-bond acceptors (Lipinski definition) is 3. The van der Waals surface area contributed by atoms with Crippen LogP contribution in [0, 0.1) is 0 Å². The Morgan fingerprint density at radius 2 is 1.76 bits per heavy atom. The van der Waals surface area contributed by atoms with E-state index in [0.717, 1.165) is 30.2 Å². The Hall–Kier alpha value is -2.20. The fraction of sp³-hybridized carbons (Fsp3) is 0.294. The first-order valence-corrected chi connectivity index (χ1v) is 7.48. The van der Waals surface area contributed by atoms with E-state index in [0.29, 0.717) is 0 Å². The van der Waals surface area contributed by atoms with Crippen molar-refractivity contribution in [1.82, 2.24) is 20.3 Å². The molecule has 1 N–H and O–H groups in total. The second kappa shape index (κ2) is 5.30. The lowest BCUT2D eigenvalue weighted by Crippen LogP contribution is -2.15. The van der Waals surface area contributed by atoms with E-state index in [9.17, 15) is 0 Å². The third-order valence-corrected chi connectivity index (χ3v) is 3.95. The number of benzene rings is 2. The maximum absolute atomic E-state index is 4.24. The van der Waals surface area contributed by atoms with Crippen molar-refractivity contribution in [2.75, 3.05) is 0 Å². The molecule has 0 unspecified atom stereocenters. The molecule has 0 bridgehead atoms.